The Labute approximate surface area is 207 Å². The van der Waals surface area contributed by atoms with Gasteiger partial charge in [0.2, 0.25) is 11.1 Å². The van der Waals surface area contributed by atoms with Crippen molar-refractivity contribution in [3.05, 3.63) is 75.6 Å². The molecule has 184 valence electrons. The number of carbonyl (C=O) groups is 2. The number of hydrogen-bond donors (Lipinski definition) is 3. The van der Waals surface area contributed by atoms with E-state index < -0.39 is 16.9 Å². The van der Waals surface area contributed by atoms with E-state index in [2.05, 4.69) is 39.7 Å². The third-order valence-electron chi connectivity index (χ3n) is 5.24. The lowest BCUT2D eigenvalue weighted by Gasteiger charge is -2.19. The Kier molecular flexibility index (Phi) is 8.58. The molecule has 0 saturated carbocycles. The summed E-state index contributed by atoms with van der Waals surface area (Å²) in [6.07, 6.45) is 0. The fourth-order valence-corrected chi connectivity index (χ4v) is 4.03. The van der Waals surface area contributed by atoms with Crippen molar-refractivity contribution in [2.24, 2.45) is 5.92 Å². The van der Waals surface area contributed by atoms with Crippen molar-refractivity contribution >= 4 is 35.0 Å². The summed E-state index contributed by atoms with van der Waals surface area (Å²) in [5.41, 5.74) is 1.86. The SMILES string of the molecule is CC(C)c1ccccc1NC(=O)CSc1n[nH]c([C@@H](NC(=O)c2cccc([N+](=O)[O-])c2)C(C)C)n1. The molecule has 0 saturated heterocycles. The van der Waals surface area contributed by atoms with E-state index in [4.69, 9.17) is 0 Å². The number of H-pyrrole nitrogens is 1. The van der Waals surface area contributed by atoms with Gasteiger partial charge < -0.3 is 10.6 Å². The molecule has 1 heterocycles. The fraction of sp³-hybridized carbons (Fsp3) is 0.333. The van der Waals surface area contributed by atoms with Gasteiger partial charge >= 0.3 is 0 Å². The molecule has 1 atom stereocenters. The zero-order valence-corrected chi connectivity index (χ0v) is 20.8. The molecule has 0 bridgehead atoms. The predicted molar refractivity (Wildman–Crippen MR) is 134 cm³/mol. The van der Waals surface area contributed by atoms with Crippen LogP contribution in [-0.4, -0.2) is 37.7 Å². The molecule has 0 radical (unpaired) electrons. The van der Waals surface area contributed by atoms with Crippen molar-refractivity contribution in [2.45, 2.75) is 44.8 Å². The van der Waals surface area contributed by atoms with Crippen LogP contribution in [0.4, 0.5) is 11.4 Å². The molecule has 11 heteroatoms. The van der Waals surface area contributed by atoms with Gasteiger partial charge in [0, 0.05) is 23.4 Å². The molecule has 2 amide bonds. The van der Waals surface area contributed by atoms with Gasteiger partial charge in [-0.05, 0) is 29.5 Å². The summed E-state index contributed by atoms with van der Waals surface area (Å²) in [6.45, 7) is 7.95. The van der Waals surface area contributed by atoms with Crippen molar-refractivity contribution in [2.75, 3.05) is 11.1 Å². The number of carbonyl (C=O) groups excluding carboxylic acids is 2. The van der Waals surface area contributed by atoms with Gasteiger partial charge in [-0.25, -0.2) is 4.98 Å². The molecule has 0 aliphatic carbocycles. The lowest BCUT2D eigenvalue weighted by molar-refractivity contribution is -0.384. The number of benzene rings is 2. The van der Waals surface area contributed by atoms with E-state index in [1.165, 1.54) is 36.0 Å². The summed E-state index contributed by atoms with van der Waals surface area (Å²) in [5.74, 6) is 0.164. The minimum absolute atomic E-state index is 0.0423. The lowest BCUT2D eigenvalue weighted by atomic mass is 10.0. The number of hydrogen-bond acceptors (Lipinski definition) is 7. The number of amides is 2. The first kappa shape index (κ1) is 25.9. The van der Waals surface area contributed by atoms with Gasteiger partial charge in [0.1, 0.15) is 5.82 Å². The highest BCUT2D eigenvalue weighted by molar-refractivity contribution is 7.99. The number of aromatic nitrogens is 3. The van der Waals surface area contributed by atoms with Crippen molar-refractivity contribution < 1.29 is 14.5 Å². The number of aromatic amines is 1. The number of non-ortho nitro benzene ring substituents is 1. The van der Waals surface area contributed by atoms with Gasteiger partial charge in [-0.3, -0.25) is 24.8 Å². The molecule has 3 N–H and O–H groups in total. The fourth-order valence-electron chi connectivity index (χ4n) is 3.43. The Balaban J connectivity index is 1.63. The van der Waals surface area contributed by atoms with Gasteiger partial charge in [0.15, 0.2) is 0 Å². The molecule has 0 spiro atoms. The summed E-state index contributed by atoms with van der Waals surface area (Å²) in [4.78, 5) is 40.1. The number of nitro benzene ring substituents is 1. The lowest BCUT2D eigenvalue weighted by Crippen LogP contribution is -2.32. The number of para-hydroxylation sites is 1. The van der Waals surface area contributed by atoms with Crippen LogP contribution in [0.2, 0.25) is 0 Å². The van der Waals surface area contributed by atoms with Crippen molar-refractivity contribution in [3.63, 3.8) is 0 Å². The third kappa shape index (κ3) is 6.89. The minimum atomic E-state index is -0.547. The third-order valence-corrected chi connectivity index (χ3v) is 6.09. The van der Waals surface area contributed by atoms with Crippen LogP contribution in [0.25, 0.3) is 0 Å². The van der Waals surface area contributed by atoms with Crippen molar-refractivity contribution in [1.29, 1.82) is 0 Å². The van der Waals surface area contributed by atoms with Crippen LogP contribution in [0.1, 0.15) is 61.4 Å². The standard InChI is InChI=1S/C24H28N6O4S/c1-14(2)18-10-5-6-11-19(18)25-20(31)13-35-24-27-22(28-29-24)21(15(3)4)26-23(32)16-8-7-9-17(12-16)30(33)34/h5-12,14-15,21H,13H2,1-4H3,(H,25,31)(H,26,32)(H,27,28,29)/t21-/m0/s1. The highest BCUT2D eigenvalue weighted by Crippen LogP contribution is 2.25. The van der Waals surface area contributed by atoms with Crippen LogP contribution < -0.4 is 10.6 Å². The smallest absolute Gasteiger partial charge is 0.270 e. The maximum absolute atomic E-state index is 12.7. The molecule has 0 aliphatic heterocycles. The van der Waals surface area contributed by atoms with E-state index in [9.17, 15) is 19.7 Å². The van der Waals surface area contributed by atoms with E-state index in [1.807, 2.05) is 38.1 Å². The zero-order valence-electron chi connectivity index (χ0n) is 19.9. The number of nitrogens with one attached hydrogen (secondary N) is 3. The molecular weight excluding hydrogens is 468 g/mol. The van der Waals surface area contributed by atoms with E-state index >= 15 is 0 Å². The van der Waals surface area contributed by atoms with Crippen molar-refractivity contribution in [3.8, 4) is 0 Å². The maximum Gasteiger partial charge on any atom is 0.270 e. The second-order valence-corrected chi connectivity index (χ2v) is 9.53. The van der Waals surface area contributed by atoms with Crippen LogP contribution in [0.5, 0.6) is 0 Å². The molecule has 0 unspecified atom stereocenters. The van der Waals surface area contributed by atoms with E-state index in [0.717, 1.165) is 11.3 Å². The first-order valence-corrected chi connectivity index (χ1v) is 12.1. The summed E-state index contributed by atoms with van der Waals surface area (Å²) in [6, 6.07) is 12.7. The van der Waals surface area contributed by atoms with Crippen LogP contribution in [0, 0.1) is 16.0 Å². The Hall–Kier alpha value is -3.73. The van der Waals surface area contributed by atoms with Gasteiger partial charge in [0.05, 0.1) is 16.7 Å². The second kappa shape index (κ2) is 11.6. The predicted octanol–water partition coefficient (Wildman–Crippen LogP) is 4.69. The zero-order chi connectivity index (χ0) is 25.5. The van der Waals surface area contributed by atoms with Gasteiger partial charge in [-0.2, -0.15) is 0 Å². The number of nitrogens with zero attached hydrogens (tertiary/aromatic N) is 3. The normalized spacial score (nSPS) is 11.9. The second-order valence-electron chi connectivity index (χ2n) is 8.58. The summed E-state index contributed by atoms with van der Waals surface area (Å²) >= 11 is 1.18. The van der Waals surface area contributed by atoms with Crippen molar-refractivity contribution in [1.82, 2.24) is 20.5 Å². The molecule has 10 nitrogen and oxygen atoms in total. The molecule has 35 heavy (non-hydrogen) atoms. The summed E-state index contributed by atoms with van der Waals surface area (Å²) in [5, 5.41) is 24.2. The Morgan fingerprint density at radius 1 is 1.11 bits per heavy atom. The molecular formula is C24H28N6O4S. The van der Waals surface area contributed by atoms with E-state index in [1.54, 1.807) is 0 Å². The molecule has 3 rings (SSSR count). The highest BCUT2D eigenvalue weighted by Gasteiger charge is 2.24. The molecule has 0 aliphatic rings. The molecule has 2 aromatic carbocycles. The van der Waals surface area contributed by atoms with Gasteiger partial charge in [-0.15, -0.1) is 5.10 Å². The van der Waals surface area contributed by atoms with Crippen LogP contribution in [-0.2, 0) is 4.79 Å². The highest BCUT2D eigenvalue weighted by atomic mass is 32.2. The van der Waals surface area contributed by atoms with Gasteiger partial charge in [0.25, 0.3) is 11.6 Å². The monoisotopic (exact) mass is 496 g/mol. The van der Waals surface area contributed by atoms with E-state index in [0.29, 0.717) is 11.0 Å². The molecule has 1 aromatic heterocycles. The van der Waals surface area contributed by atoms with E-state index in [-0.39, 0.29) is 34.7 Å². The quantitative estimate of drug-likeness (QED) is 0.210. The average Bonchev–Trinajstić information content (AvgIpc) is 3.29. The minimum Gasteiger partial charge on any atom is -0.342 e. The largest absolute Gasteiger partial charge is 0.342 e. The Bertz CT molecular complexity index is 1210. The first-order valence-electron chi connectivity index (χ1n) is 11.1. The topological polar surface area (TPSA) is 143 Å². The average molecular weight is 497 g/mol. The first-order chi connectivity index (χ1) is 16.7. The maximum atomic E-state index is 12.7. The van der Waals surface area contributed by atoms with Crippen LogP contribution in [0.3, 0.4) is 0 Å². The number of anilines is 1. The summed E-state index contributed by atoms with van der Waals surface area (Å²) in [7, 11) is 0. The van der Waals surface area contributed by atoms with Crippen LogP contribution in [0.15, 0.2) is 53.7 Å². The molecule has 0 fully saturated rings. The number of rotatable bonds is 10. The number of nitro groups is 1. The number of thioether (sulfide) groups is 1. The Morgan fingerprint density at radius 3 is 2.54 bits per heavy atom. The van der Waals surface area contributed by atoms with Crippen LogP contribution >= 0.6 is 11.8 Å². The summed E-state index contributed by atoms with van der Waals surface area (Å²) < 4.78 is 0. The Morgan fingerprint density at radius 2 is 1.86 bits per heavy atom. The molecule has 3 aromatic rings. The van der Waals surface area contributed by atoms with Gasteiger partial charge in [-0.1, -0.05) is 63.7 Å².